The van der Waals surface area contributed by atoms with E-state index in [0.29, 0.717) is 5.56 Å². The zero-order valence-corrected chi connectivity index (χ0v) is 21.5. The molecule has 9 N–H and O–H groups in total. The van der Waals surface area contributed by atoms with E-state index in [0.717, 1.165) is 12.1 Å². The molecule has 41 heavy (non-hydrogen) atoms. The van der Waals surface area contributed by atoms with E-state index < -0.39 is 84.8 Å². The molecule has 5 rings (SSSR count). The Morgan fingerprint density at radius 1 is 0.829 bits per heavy atom. The normalized spacial score (nSPS) is 34.1. The van der Waals surface area contributed by atoms with Gasteiger partial charge in [-0.05, 0) is 31.2 Å². The van der Waals surface area contributed by atoms with Crippen LogP contribution in [0.2, 0.25) is 0 Å². The van der Waals surface area contributed by atoms with Crippen molar-refractivity contribution < 1.29 is 64.6 Å². The van der Waals surface area contributed by atoms with Crippen molar-refractivity contribution in [1.82, 2.24) is 0 Å². The van der Waals surface area contributed by atoms with Crippen molar-refractivity contribution in [2.45, 2.75) is 68.1 Å². The van der Waals surface area contributed by atoms with Crippen LogP contribution in [-0.2, 0) is 14.2 Å². The molecule has 2 aliphatic rings. The highest BCUT2D eigenvalue weighted by Crippen LogP contribution is 2.44. The zero-order chi connectivity index (χ0) is 29.7. The molecule has 2 aromatic carbocycles. The minimum Gasteiger partial charge on any atom is -0.508 e. The number of aliphatic hydroxyl groups excluding tert-OH is 6. The molecule has 1 aromatic heterocycles. The molecule has 3 aromatic rings. The SMILES string of the molecule is CC1OC(OC2C(CO)OC(c3c(O)cc(O)c4c(=O)cc(-c5ccc(O)cc5)oc34)C(O)C2O)C(O)C(O)C1O. The lowest BCUT2D eigenvalue weighted by molar-refractivity contribution is -0.338. The van der Waals surface area contributed by atoms with Crippen LogP contribution in [0.3, 0.4) is 0 Å². The molecule has 0 bridgehead atoms. The molecule has 14 heteroatoms. The van der Waals surface area contributed by atoms with Crippen molar-refractivity contribution in [1.29, 1.82) is 0 Å². The summed E-state index contributed by atoms with van der Waals surface area (Å²) < 4.78 is 22.7. The van der Waals surface area contributed by atoms with Gasteiger partial charge in [-0.1, -0.05) is 0 Å². The molecule has 2 aliphatic heterocycles. The van der Waals surface area contributed by atoms with Crippen LogP contribution in [0.15, 0.2) is 45.6 Å². The van der Waals surface area contributed by atoms with Gasteiger partial charge in [0.1, 0.15) is 77.2 Å². The second kappa shape index (κ2) is 11.2. The van der Waals surface area contributed by atoms with Crippen LogP contribution in [0.4, 0.5) is 0 Å². The number of aromatic hydroxyl groups is 3. The van der Waals surface area contributed by atoms with Crippen LogP contribution in [0, 0.1) is 0 Å². The Labute approximate surface area is 231 Å². The Morgan fingerprint density at radius 3 is 2.17 bits per heavy atom. The number of phenols is 3. The minimum atomic E-state index is -1.89. The molecule has 2 saturated heterocycles. The Balaban J connectivity index is 1.54. The van der Waals surface area contributed by atoms with Crippen molar-refractivity contribution in [2.75, 3.05) is 6.61 Å². The summed E-state index contributed by atoms with van der Waals surface area (Å²) in [6.45, 7) is 0.616. The third-order valence-electron chi connectivity index (χ3n) is 7.40. The maximum absolute atomic E-state index is 13.0. The fourth-order valence-corrected chi connectivity index (χ4v) is 5.14. The smallest absolute Gasteiger partial charge is 0.197 e. The largest absolute Gasteiger partial charge is 0.508 e. The average molecular weight is 579 g/mol. The lowest BCUT2D eigenvalue weighted by Gasteiger charge is -2.46. The summed E-state index contributed by atoms with van der Waals surface area (Å²) in [7, 11) is 0. The first kappa shape index (κ1) is 29.2. The second-order valence-corrected chi connectivity index (χ2v) is 10.1. The summed E-state index contributed by atoms with van der Waals surface area (Å²) in [4.78, 5) is 13.0. The second-order valence-electron chi connectivity index (χ2n) is 10.1. The first-order chi connectivity index (χ1) is 19.4. The number of aliphatic hydroxyl groups is 6. The van der Waals surface area contributed by atoms with Gasteiger partial charge in [0.05, 0.1) is 18.3 Å². The predicted molar refractivity (Wildman–Crippen MR) is 137 cm³/mol. The van der Waals surface area contributed by atoms with Gasteiger partial charge in [-0.2, -0.15) is 0 Å². The summed E-state index contributed by atoms with van der Waals surface area (Å²) in [5.41, 5.74) is -1.05. The molecule has 0 aliphatic carbocycles. The van der Waals surface area contributed by atoms with E-state index in [1.165, 1.54) is 31.2 Å². The molecule has 0 spiro atoms. The third kappa shape index (κ3) is 5.14. The maximum atomic E-state index is 13.0. The first-order valence-corrected chi connectivity index (χ1v) is 12.7. The quantitative estimate of drug-likeness (QED) is 0.175. The van der Waals surface area contributed by atoms with Crippen molar-refractivity contribution in [3.8, 4) is 28.6 Å². The summed E-state index contributed by atoms with van der Waals surface area (Å²) in [6, 6.07) is 7.55. The van der Waals surface area contributed by atoms with Crippen LogP contribution in [0.5, 0.6) is 17.2 Å². The van der Waals surface area contributed by atoms with Crippen LogP contribution < -0.4 is 5.43 Å². The van der Waals surface area contributed by atoms with Gasteiger partial charge in [0.25, 0.3) is 0 Å². The molecular weight excluding hydrogens is 548 g/mol. The van der Waals surface area contributed by atoms with Crippen molar-refractivity contribution in [3.05, 3.63) is 52.2 Å². The van der Waals surface area contributed by atoms with Crippen molar-refractivity contribution in [2.24, 2.45) is 0 Å². The van der Waals surface area contributed by atoms with Gasteiger partial charge >= 0.3 is 0 Å². The van der Waals surface area contributed by atoms with E-state index in [9.17, 15) is 50.8 Å². The molecule has 2 fully saturated rings. The lowest BCUT2D eigenvalue weighted by Crippen LogP contribution is -2.62. The summed E-state index contributed by atoms with van der Waals surface area (Å²) in [5.74, 6) is -1.35. The van der Waals surface area contributed by atoms with Crippen LogP contribution >= 0.6 is 0 Å². The van der Waals surface area contributed by atoms with E-state index in [1.807, 2.05) is 0 Å². The van der Waals surface area contributed by atoms with Gasteiger partial charge in [-0.25, -0.2) is 0 Å². The van der Waals surface area contributed by atoms with Crippen molar-refractivity contribution in [3.63, 3.8) is 0 Å². The number of rotatable bonds is 5. The molecule has 10 unspecified atom stereocenters. The molecule has 3 heterocycles. The van der Waals surface area contributed by atoms with E-state index in [-0.39, 0.29) is 28.0 Å². The van der Waals surface area contributed by atoms with Gasteiger partial charge in [0.2, 0.25) is 0 Å². The maximum Gasteiger partial charge on any atom is 0.197 e. The molecule has 0 saturated carbocycles. The molecule has 0 amide bonds. The molecular formula is C27H30O14. The van der Waals surface area contributed by atoms with Gasteiger partial charge in [-0.15, -0.1) is 0 Å². The van der Waals surface area contributed by atoms with Crippen molar-refractivity contribution >= 4 is 11.0 Å². The molecule has 14 nitrogen and oxygen atoms in total. The number of hydrogen-bond donors (Lipinski definition) is 9. The Hall–Kier alpha value is -3.31. The average Bonchev–Trinajstić information content (AvgIpc) is 2.93. The summed E-state index contributed by atoms with van der Waals surface area (Å²) in [5, 5.41) is 93.0. The predicted octanol–water partition coefficient (Wildman–Crippen LogP) is -1.06. The van der Waals surface area contributed by atoms with Gasteiger partial charge in [0.15, 0.2) is 17.3 Å². The summed E-state index contributed by atoms with van der Waals surface area (Å²) >= 11 is 0. The summed E-state index contributed by atoms with van der Waals surface area (Å²) in [6.07, 6.45) is -15.7. The number of ether oxygens (including phenoxy) is 3. The zero-order valence-electron chi connectivity index (χ0n) is 21.5. The van der Waals surface area contributed by atoms with Gasteiger partial charge in [-0.3, -0.25) is 4.79 Å². The standard InChI is InChI=1S/C27H30O14/c1-9-19(33)20(34)23(37)27(38-9)41-24-16(8-28)40-26(22(36)21(24)35)18-13(31)6-12(30)17-14(32)7-15(39-25(17)18)10-2-4-11(29)5-3-10/h2-7,9,16,19-24,26-31,33-37H,8H2,1H3. The van der Waals surface area contributed by atoms with Crippen LogP contribution in [0.25, 0.3) is 22.3 Å². The van der Waals surface area contributed by atoms with Crippen LogP contribution in [-0.4, -0.2) is 108 Å². The van der Waals surface area contributed by atoms with Gasteiger partial charge < -0.3 is 64.6 Å². The monoisotopic (exact) mass is 578 g/mol. The Morgan fingerprint density at radius 2 is 1.51 bits per heavy atom. The van der Waals surface area contributed by atoms with Gasteiger partial charge in [0, 0.05) is 17.7 Å². The number of phenolic OH excluding ortho intramolecular Hbond substituents is 3. The minimum absolute atomic E-state index is 0.0159. The molecule has 222 valence electrons. The molecule has 0 radical (unpaired) electrons. The Bertz CT molecular complexity index is 1450. The number of hydrogen-bond acceptors (Lipinski definition) is 14. The number of benzene rings is 2. The fourth-order valence-electron chi connectivity index (χ4n) is 5.14. The fraction of sp³-hybridized carbons (Fsp3) is 0.444. The highest BCUT2D eigenvalue weighted by molar-refractivity contribution is 5.89. The first-order valence-electron chi connectivity index (χ1n) is 12.7. The van der Waals surface area contributed by atoms with Crippen LogP contribution in [0.1, 0.15) is 18.6 Å². The van der Waals surface area contributed by atoms with E-state index in [4.69, 9.17) is 18.6 Å². The lowest BCUT2D eigenvalue weighted by atomic mass is 9.89. The van der Waals surface area contributed by atoms with E-state index in [1.54, 1.807) is 0 Å². The Kier molecular flexibility index (Phi) is 7.95. The van der Waals surface area contributed by atoms with E-state index >= 15 is 0 Å². The molecule has 10 atom stereocenters. The highest BCUT2D eigenvalue weighted by atomic mass is 16.7. The van der Waals surface area contributed by atoms with E-state index in [2.05, 4.69) is 0 Å². The highest BCUT2D eigenvalue weighted by Gasteiger charge is 2.51. The third-order valence-corrected chi connectivity index (χ3v) is 7.40. The topological polar surface area (TPSA) is 240 Å². The number of fused-ring (bicyclic) bond motifs is 1.